The van der Waals surface area contributed by atoms with E-state index in [1.54, 1.807) is 31.4 Å². The Morgan fingerprint density at radius 3 is 2.94 bits per heavy atom. The first-order chi connectivity index (χ1) is 8.61. The van der Waals surface area contributed by atoms with Gasteiger partial charge in [0.05, 0.1) is 6.61 Å². The molecule has 1 aromatic heterocycles. The van der Waals surface area contributed by atoms with Gasteiger partial charge < -0.3 is 4.74 Å². The fourth-order valence-corrected chi connectivity index (χ4v) is 2.22. The van der Waals surface area contributed by atoms with E-state index < -0.39 is 5.97 Å². The highest BCUT2D eigenvalue weighted by Gasteiger charge is 2.13. The standard InChI is InChI=1S/C13H12FNO2S/c1-3-17-13(16)11-7-18-12(15-11)9-5-4-8(2)10(14)6-9/h4-7H,3H2,1-2H3. The van der Waals surface area contributed by atoms with Gasteiger partial charge in [0.2, 0.25) is 0 Å². The van der Waals surface area contributed by atoms with Crippen molar-refractivity contribution in [3.05, 3.63) is 40.7 Å². The van der Waals surface area contributed by atoms with Gasteiger partial charge >= 0.3 is 5.97 Å². The number of ether oxygens (including phenoxy) is 1. The number of aryl methyl sites for hydroxylation is 1. The van der Waals surface area contributed by atoms with Gasteiger partial charge in [-0.2, -0.15) is 0 Å². The van der Waals surface area contributed by atoms with E-state index in [1.807, 2.05) is 0 Å². The second-order valence-corrected chi connectivity index (χ2v) is 4.58. The van der Waals surface area contributed by atoms with Crippen LogP contribution >= 0.6 is 11.3 Å². The highest BCUT2D eigenvalue weighted by molar-refractivity contribution is 7.13. The molecule has 0 radical (unpaired) electrons. The number of benzene rings is 1. The van der Waals surface area contributed by atoms with Crippen molar-refractivity contribution in [3.8, 4) is 10.6 Å². The van der Waals surface area contributed by atoms with Crippen molar-refractivity contribution < 1.29 is 13.9 Å². The number of carbonyl (C=O) groups excluding carboxylic acids is 1. The summed E-state index contributed by atoms with van der Waals surface area (Å²) in [6.07, 6.45) is 0. The predicted molar refractivity (Wildman–Crippen MR) is 68.2 cm³/mol. The molecule has 0 saturated heterocycles. The fraction of sp³-hybridized carbons (Fsp3) is 0.231. The van der Waals surface area contributed by atoms with E-state index in [2.05, 4.69) is 4.98 Å². The average Bonchev–Trinajstić information content (AvgIpc) is 2.82. The van der Waals surface area contributed by atoms with E-state index >= 15 is 0 Å². The predicted octanol–water partition coefficient (Wildman–Crippen LogP) is 3.43. The summed E-state index contributed by atoms with van der Waals surface area (Å²) in [5, 5.41) is 2.22. The van der Waals surface area contributed by atoms with E-state index in [1.165, 1.54) is 17.4 Å². The SMILES string of the molecule is CCOC(=O)c1csc(-c2ccc(C)c(F)c2)n1. The number of esters is 1. The molecule has 0 aliphatic carbocycles. The van der Waals surface area contributed by atoms with Crippen LogP contribution in [0, 0.1) is 12.7 Å². The van der Waals surface area contributed by atoms with Crippen LogP contribution in [0.1, 0.15) is 23.0 Å². The minimum atomic E-state index is -0.451. The molecule has 0 atom stereocenters. The van der Waals surface area contributed by atoms with Crippen molar-refractivity contribution in [1.82, 2.24) is 4.98 Å². The molecule has 0 bridgehead atoms. The smallest absolute Gasteiger partial charge is 0.357 e. The summed E-state index contributed by atoms with van der Waals surface area (Å²) in [6.45, 7) is 3.75. The third-order valence-electron chi connectivity index (χ3n) is 2.41. The van der Waals surface area contributed by atoms with Gasteiger partial charge in [0.15, 0.2) is 5.69 Å². The number of halogens is 1. The quantitative estimate of drug-likeness (QED) is 0.798. The number of aromatic nitrogens is 1. The average molecular weight is 265 g/mol. The Hall–Kier alpha value is -1.75. The van der Waals surface area contributed by atoms with Crippen LogP contribution in [0.3, 0.4) is 0 Å². The second kappa shape index (κ2) is 5.27. The van der Waals surface area contributed by atoms with E-state index in [4.69, 9.17) is 4.74 Å². The maximum Gasteiger partial charge on any atom is 0.357 e. The van der Waals surface area contributed by atoms with Crippen molar-refractivity contribution >= 4 is 17.3 Å². The first-order valence-corrected chi connectivity index (χ1v) is 6.39. The minimum absolute atomic E-state index is 0.262. The van der Waals surface area contributed by atoms with Crippen molar-refractivity contribution in [2.75, 3.05) is 6.61 Å². The lowest BCUT2D eigenvalue weighted by Crippen LogP contribution is -2.04. The molecule has 1 aromatic carbocycles. The molecule has 0 amide bonds. The molecule has 2 aromatic rings. The van der Waals surface area contributed by atoms with Crippen molar-refractivity contribution in [3.63, 3.8) is 0 Å². The van der Waals surface area contributed by atoms with Gasteiger partial charge in [-0.3, -0.25) is 0 Å². The molecule has 94 valence electrons. The van der Waals surface area contributed by atoms with Gasteiger partial charge in [0, 0.05) is 10.9 Å². The van der Waals surface area contributed by atoms with Crippen LogP contribution in [0.25, 0.3) is 10.6 Å². The van der Waals surface area contributed by atoms with Crippen LogP contribution in [0.4, 0.5) is 4.39 Å². The summed E-state index contributed by atoms with van der Waals surface area (Å²) in [4.78, 5) is 15.6. The molecule has 0 fully saturated rings. The Bertz CT molecular complexity index is 580. The van der Waals surface area contributed by atoms with Crippen LogP contribution in [0.5, 0.6) is 0 Å². The van der Waals surface area contributed by atoms with Crippen LogP contribution in [0.2, 0.25) is 0 Å². The summed E-state index contributed by atoms with van der Waals surface area (Å²) in [7, 11) is 0. The molecule has 5 heteroatoms. The van der Waals surface area contributed by atoms with Crippen LogP contribution in [-0.4, -0.2) is 17.6 Å². The topological polar surface area (TPSA) is 39.2 Å². The molecule has 0 aliphatic heterocycles. The Morgan fingerprint density at radius 1 is 1.50 bits per heavy atom. The molecule has 0 aliphatic rings. The lowest BCUT2D eigenvalue weighted by atomic mass is 10.1. The number of hydrogen-bond acceptors (Lipinski definition) is 4. The molecule has 1 heterocycles. The summed E-state index contributed by atoms with van der Waals surface area (Å²) in [5.74, 6) is -0.729. The van der Waals surface area contributed by atoms with E-state index in [0.717, 1.165) is 0 Å². The molecule has 3 nitrogen and oxygen atoms in total. The largest absolute Gasteiger partial charge is 0.461 e. The number of thiazole rings is 1. The Kier molecular flexibility index (Phi) is 3.72. The maximum absolute atomic E-state index is 13.4. The number of carbonyl (C=O) groups is 1. The number of nitrogens with zero attached hydrogens (tertiary/aromatic N) is 1. The van der Waals surface area contributed by atoms with Gasteiger partial charge in [0.25, 0.3) is 0 Å². The molecular weight excluding hydrogens is 253 g/mol. The Labute approximate surface area is 108 Å². The zero-order chi connectivity index (χ0) is 13.1. The van der Waals surface area contributed by atoms with Gasteiger partial charge in [-0.1, -0.05) is 12.1 Å². The second-order valence-electron chi connectivity index (χ2n) is 3.72. The summed E-state index contributed by atoms with van der Waals surface area (Å²) in [5.41, 5.74) is 1.51. The maximum atomic E-state index is 13.4. The first-order valence-electron chi connectivity index (χ1n) is 5.51. The van der Waals surface area contributed by atoms with Crippen molar-refractivity contribution in [2.45, 2.75) is 13.8 Å². The zero-order valence-electron chi connectivity index (χ0n) is 10.1. The van der Waals surface area contributed by atoms with Gasteiger partial charge in [-0.15, -0.1) is 11.3 Å². The van der Waals surface area contributed by atoms with E-state index in [9.17, 15) is 9.18 Å². The summed E-state index contributed by atoms with van der Waals surface area (Å²) < 4.78 is 18.3. The third kappa shape index (κ3) is 2.56. The highest BCUT2D eigenvalue weighted by Crippen LogP contribution is 2.25. The lowest BCUT2D eigenvalue weighted by Gasteiger charge is -1.99. The van der Waals surface area contributed by atoms with Gasteiger partial charge in [-0.25, -0.2) is 14.2 Å². The van der Waals surface area contributed by atoms with E-state index in [-0.39, 0.29) is 11.5 Å². The molecule has 0 spiro atoms. The molecule has 0 unspecified atom stereocenters. The normalized spacial score (nSPS) is 10.4. The summed E-state index contributed by atoms with van der Waals surface area (Å²) >= 11 is 1.29. The summed E-state index contributed by atoms with van der Waals surface area (Å²) in [6, 6.07) is 4.89. The number of rotatable bonds is 3. The molecule has 2 rings (SSSR count). The van der Waals surface area contributed by atoms with Crippen LogP contribution in [0.15, 0.2) is 23.6 Å². The van der Waals surface area contributed by atoms with Crippen molar-refractivity contribution in [1.29, 1.82) is 0 Å². The van der Waals surface area contributed by atoms with Gasteiger partial charge in [0.1, 0.15) is 10.8 Å². The van der Waals surface area contributed by atoms with Crippen LogP contribution in [-0.2, 0) is 4.74 Å². The Morgan fingerprint density at radius 2 is 2.28 bits per heavy atom. The van der Waals surface area contributed by atoms with Crippen LogP contribution < -0.4 is 0 Å². The molecule has 18 heavy (non-hydrogen) atoms. The molecule has 0 saturated carbocycles. The molecular formula is C13H12FNO2S. The number of hydrogen-bond donors (Lipinski definition) is 0. The minimum Gasteiger partial charge on any atom is -0.461 e. The zero-order valence-corrected chi connectivity index (χ0v) is 10.9. The Balaban J connectivity index is 2.29. The van der Waals surface area contributed by atoms with E-state index in [0.29, 0.717) is 22.7 Å². The third-order valence-corrected chi connectivity index (χ3v) is 3.30. The lowest BCUT2D eigenvalue weighted by molar-refractivity contribution is 0.0520. The van der Waals surface area contributed by atoms with Crippen molar-refractivity contribution in [2.24, 2.45) is 0 Å². The highest BCUT2D eigenvalue weighted by atomic mass is 32.1. The monoisotopic (exact) mass is 265 g/mol. The first kappa shape index (κ1) is 12.7. The van der Waals surface area contributed by atoms with Gasteiger partial charge in [-0.05, 0) is 25.5 Å². The molecule has 0 N–H and O–H groups in total. The fourth-order valence-electron chi connectivity index (χ4n) is 1.43.